The molecule has 9 N–H and O–H groups in total. The first-order chi connectivity index (χ1) is 16.4. The lowest BCUT2D eigenvalue weighted by molar-refractivity contribution is 0.317. The normalized spacial score (nSPS) is 12.1. The molecule has 0 aliphatic carbocycles. The molecule has 0 aliphatic rings. The number of ether oxygens (including phenoxy) is 1. The average molecular weight is 568 g/mol. The van der Waals surface area contributed by atoms with Crippen molar-refractivity contribution in [3.05, 3.63) is 48.3 Å². The largest absolute Gasteiger partial charge is 0.491 e. The molecule has 0 saturated heterocycles. The molecule has 198 valence electrons. The fourth-order valence-electron chi connectivity index (χ4n) is 2.81. The van der Waals surface area contributed by atoms with Gasteiger partial charge in [0.1, 0.15) is 16.5 Å². The van der Waals surface area contributed by atoms with E-state index in [1.807, 2.05) is 0 Å². The first-order valence-corrected chi connectivity index (χ1v) is 14.1. The quantitative estimate of drug-likeness (QED) is 0.135. The van der Waals surface area contributed by atoms with Crippen molar-refractivity contribution in [1.29, 1.82) is 0 Å². The van der Waals surface area contributed by atoms with Crippen LogP contribution in [0.25, 0.3) is 10.8 Å². The van der Waals surface area contributed by atoms with Crippen molar-refractivity contribution in [2.24, 2.45) is 0 Å². The maximum absolute atomic E-state index is 12.9. The van der Waals surface area contributed by atoms with E-state index in [-0.39, 0.29) is 46.6 Å². The lowest BCUT2D eigenvalue weighted by Crippen LogP contribution is -2.09. The molecule has 17 heteroatoms. The Morgan fingerprint density at radius 1 is 0.806 bits per heavy atom. The predicted octanol–water partition coefficient (Wildman–Crippen LogP) is 1.56. The molecule has 0 bridgehead atoms. The van der Waals surface area contributed by atoms with Crippen molar-refractivity contribution >= 4 is 58.2 Å². The van der Waals surface area contributed by atoms with Gasteiger partial charge in [-0.05, 0) is 36.1 Å². The molecular weight excluding hydrogens is 545 g/mol. The first-order valence-electron chi connectivity index (χ1n) is 9.59. The number of benzene rings is 3. The van der Waals surface area contributed by atoms with Crippen LogP contribution in [-0.2, 0) is 30.4 Å². The Morgan fingerprint density at radius 3 is 2.00 bits per heavy atom. The summed E-state index contributed by atoms with van der Waals surface area (Å²) in [6, 6.07) is 8.10. The predicted molar refractivity (Wildman–Crippen MR) is 130 cm³/mol. The van der Waals surface area contributed by atoms with E-state index in [1.54, 1.807) is 0 Å². The second-order valence-corrected chi connectivity index (χ2v) is 11.6. The lowest BCUT2D eigenvalue weighted by atomic mass is 10.1. The third kappa shape index (κ3) is 8.18. The number of nitrogens with two attached hydrogens (primary N) is 3. The van der Waals surface area contributed by atoms with Crippen molar-refractivity contribution in [2.75, 3.05) is 29.6 Å². The molecule has 0 fully saturated rings. The zero-order chi connectivity index (χ0) is 27.5. The summed E-state index contributed by atoms with van der Waals surface area (Å²) >= 11 is 0. The fourth-order valence-corrected chi connectivity index (χ4v) is 4.64. The number of nitrogen functional groups attached to an aromatic ring is 3. The number of anilines is 3. The Balaban J connectivity index is 0.000000255. The molecule has 0 aromatic heterocycles. The van der Waals surface area contributed by atoms with E-state index in [0.29, 0.717) is 6.07 Å². The van der Waals surface area contributed by atoms with Gasteiger partial charge in [-0.15, -0.1) is 0 Å². The minimum atomic E-state index is -4.66. The van der Waals surface area contributed by atoms with Gasteiger partial charge in [0.2, 0.25) is 0 Å². The highest BCUT2D eigenvalue weighted by molar-refractivity contribution is 7.87. The van der Waals surface area contributed by atoms with Crippen LogP contribution in [0.2, 0.25) is 0 Å². The number of rotatable bonds is 7. The van der Waals surface area contributed by atoms with Crippen LogP contribution in [0.15, 0.2) is 52.3 Å². The van der Waals surface area contributed by atoms with Crippen molar-refractivity contribution < 1.29 is 48.0 Å². The first kappa shape index (κ1) is 29.0. The van der Waals surface area contributed by atoms with E-state index in [2.05, 4.69) is 0 Å². The molecule has 0 radical (unpaired) electrons. The molecule has 0 spiro atoms. The van der Waals surface area contributed by atoms with Gasteiger partial charge in [-0.1, -0.05) is 6.07 Å². The summed E-state index contributed by atoms with van der Waals surface area (Å²) in [5.41, 5.74) is 16.5. The second kappa shape index (κ2) is 10.8. The summed E-state index contributed by atoms with van der Waals surface area (Å²) in [5, 5.41) is 0.270. The van der Waals surface area contributed by atoms with Crippen LogP contribution in [0, 0.1) is 5.82 Å². The van der Waals surface area contributed by atoms with E-state index in [4.69, 9.17) is 35.6 Å². The van der Waals surface area contributed by atoms with Crippen molar-refractivity contribution in [3.8, 4) is 5.75 Å². The van der Waals surface area contributed by atoms with Gasteiger partial charge in [0.25, 0.3) is 30.4 Å². The van der Waals surface area contributed by atoms with E-state index < -0.39 is 51.7 Å². The van der Waals surface area contributed by atoms with E-state index in [1.165, 1.54) is 24.3 Å². The van der Waals surface area contributed by atoms with Crippen LogP contribution >= 0.6 is 0 Å². The molecule has 3 aromatic rings. The standard InChI is InChI=1S/C10H9NO6S2.C9H13FN2O4S/c11-7-2-1-6-3-8(18(12,13)14)5-10(9(6)4-7)19(15,16)17;10-6-4-8(12)9(5-7(6)11)16-2-1-3-17(13,14)15/h1-5H,11H2,(H,12,13,14)(H,15,16,17);4-5H,1-3,11-12H2,(H,13,14,15). The fraction of sp³-hybridized carbons (Fsp3) is 0.158. The molecule has 0 amide bonds. The second-order valence-electron chi connectivity index (χ2n) is 7.25. The summed E-state index contributed by atoms with van der Waals surface area (Å²) in [5.74, 6) is -0.879. The van der Waals surface area contributed by atoms with Gasteiger partial charge >= 0.3 is 0 Å². The maximum Gasteiger partial charge on any atom is 0.295 e. The highest BCUT2D eigenvalue weighted by atomic mass is 32.2. The molecule has 0 saturated carbocycles. The zero-order valence-electron chi connectivity index (χ0n) is 18.2. The summed E-state index contributed by atoms with van der Waals surface area (Å²) in [4.78, 5) is -1.26. The molecule has 0 aliphatic heterocycles. The van der Waals surface area contributed by atoms with E-state index in [0.717, 1.165) is 12.1 Å². The number of fused-ring (bicyclic) bond motifs is 1. The third-order valence-electron chi connectivity index (χ3n) is 4.42. The molecule has 0 atom stereocenters. The zero-order valence-corrected chi connectivity index (χ0v) is 20.6. The Hall–Kier alpha value is -3.22. The number of hydrogen-bond donors (Lipinski definition) is 6. The lowest BCUT2D eigenvalue weighted by Gasteiger charge is -2.09. The van der Waals surface area contributed by atoms with Crippen LogP contribution in [-0.4, -0.2) is 51.3 Å². The van der Waals surface area contributed by atoms with Gasteiger partial charge in [-0.2, -0.15) is 25.3 Å². The van der Waals surface area contributed by atoms with E-state index >= 15 is 0 Å². The Labute approximate surface area is 205 Å². The van der Waals surface area contributed by atoms with Crippen LogP contribution in [0.4, 0.5) is 21.5 Å². The van der Waals surface area contributed by atoms with Crippen molar-refractivity contribution in [2.45, 2.75) is 16.2 Å². The van der Waals surface area contributed by atoms with Gasteiger partial charge in [0.15, 0.2) is 0 Å². The summed E-state index contributed by atoms with van der Waals surface area (Å²) in [7, 11) is -13.3. The highest BCUT2D eigenvalue weighted by Gasteiger charge is 2.20. The third-order valence-corrected chi connectivity index (χ3v) is 6.95. The van der Waals surface area contributed by atoms with Crippen molar-refractivity contribution in [1.82, 2.24) is 0 Å². The SMILES string of the molecule is Nc1cc(OCCCS(=O)(=O)O)c(N)cc1F.Nc1ccc2cc(S(=O)(=O)O)cc(S(=O)(=O)O)c2c1. The van der Waals surface area contributed by atoms with Gasteiger partial charge in [-0.25, -0.2) is 4.39 Å². The van der Waals surface area contributed by atoms with Crippen LogP contribution in [0.3, 0.4) is 0 Å². The van der Waals surface area contributed by atoms with Gasteiger partial charge in [0, 0.05) is 23.2 Å². The topological polar surface area (TPSA) is 250 Å². The Morgan fingerprint density at radius 2 is 1.44 bits per heavy atom. The van der Waals surface area contributed by atoms with Crippen molar-refractivity contribution in [3.63, 3.8) is 0 Å². The Kier molecular flexibility index (Phi) is 8.71. The highest BCUT2D eigenvalue weighted by Crippen LogP contribution is 2.29. The average Bonchev–Trinajstić information content (AvgIpc) is 2.72. The molecule has 36 heavy (non-hydrogen) atoms. The summed E-state index contributed by atoms with van der Waals surface area (Å²) < 4.78 is 110. The molecule has 0 heterocycles. The number of halogens is 1. The minimum absolute atomic E-state index is 0.0229. The smallest absolute Gasteiger partial charge is 0.295 e. The van der Waals surface area contributed by atoms with Gasteiger partial charge < -0.3 is 21.9 Å². The monoisotopic (exact) mass is 567 g/mol. The van der Waals surface area contributed by atoms with Gasteiger partial charge in [0.05, 0.1) is 28.6 Å². The summed E-state index contributed by atoms with van der Waals surface area (Å²) in [6.45, 7) is 0.0229. The maximum atomic E-state index is 12.9. The Bertz CT molecular complexity index is 1610. The minimum Gasteiger partial charge on any atom is -0.491 e. The molecule has 13 nitrogen and oxygen atoms in total. The molecule has 3 aromatic carbocycles. The molecular formula is C19H22FN3O10S3. The van der Waals surface area contributed by atoms with Crippen LogP contribution in [0.1, 0.15) is 6.42 Å². The summed E-state index contributed by atoms with van der Waals surface area (Å²) in [6.07, 6.45) is 0.0928. The van der Waals surface area contributed by atoms with E-state index in [9.17, 15) is 29.6 Å². The van der Waals surface area contributed by atoms with Gasteiger partial charge in [-0.3, -0.25) is 13.7 Å². The molecule has 0 unspecified atom stereocenters. The van der Waals surface area contributed by atoms with Crippen LogP contribution in [0.5, 0.6) is 5.75 Å². The number of hydrogen-bond acceptors (Lipinski definition) is 10. The van der Waals surface area contributed by atoms with Crippen LogP contribution < -0.4 is 21.9 Å². The molecule has 3 rings (SSSR count).